The third-order valence-electron chi connectivity index (χ3n) is 7.66. The Bertz CT molecular complexity index is 1520. The molecule has 2 aromatic heterocycles. The molecular weight excluding hydrogens is 574 g/mol. The predicted octanol–water partition coefficient (Wildman–Crippen LogP) is 2.47. The van der Waals surface area contributed by atoms with Gasteiger partial charge in [-0.15, -0.1) is 0 Å². The first-order valence-corrected chi connectivity index (χ1v) is 15.0. The minimum absolute atomic E-state index is 0.0979. The van der Waals surface area contributed by atoms with Crippen LogP contribution in [-0.2, 0) is 16.1 Å². The predicted molar refractivity (Wildman–Crippen MR) is 163 cm³/mol. The number of hydrogen-bond donors (Lipinski definition) is 4. The molecule has 230 valence electrons. The molecule has 0 aliphatic carbocycles. The lowest BCUT2D eigenvalue weighted by atomic mass is 9.98. The SMILES string of the molecule is CC[C@H](C)[C@@H]1NC(=O)CCCN(C(=O)c2ccc(Cl)cn2)CCCNC(=O)c2ccc3[nH]c(=O)n(c3c2)CCCNC1=O. The molecule has 1 aliphatic heterocycles. The van der Waals surface area contributed by atoms with Crippen molar-refractivity contribution in [2.75, 3.05) is 26.2 Å². The highest BCUT2D eigenvalue weighted by Crippen LogP contribution is 2.15. The maximum atomic E-state index is 13.3. The number of nitrogens with zero attached hydrogens (tertiary/aromatic N) is 3. The Morgan fingerprint density at radius 1 is 1.02 bits per heavy atom. The number of imidazole rings is 1. The van der Waals surface area contributed by atoms with E-state index in [9.17, 15) is 24.0 Å². The smallest absolute Gasteiger partial charge is 0.326 e. The van der Waals surface area contributed by atoms with Crippen LogP contribution in [-0.4, -0.2) is 75.3 Å². The summed E-state index contributed by atoms with van der Waals surface area (Å²) in [6.45, 7) is 5.40. The number of nitrogens with one attached hydrogen (secondary N) is 4. The Kier molecular flexibility index (Phi) is 10.9. The van der Waals surface area contributed by atoms with Gasteiger partial charge in [0.25, 0.3) is 11.8 Å². The van der Waals surface area contributed by atoms with Crippen molar-refractivity contribution < 1.29 is 19.2 Å². The summed E-state index contributed by atoms with van der Waals surface area (Å²) >= 11 is 5.94. The van der Waals surface area contributed by atoms with E-state index in [-0.39, 0.29) is 53.9 Å². The van der Waals surface area contributed by atoms with Gasteiger partial charge in [-0.25, -0.2) is 9.78 Å². The van der Waals surface area contributed by atoms with Gasteiger partial charge in [0.2, 0.25) is 11.8 Å². The van der Waals surface area contributed by atoms with E-state index < -0.39 is 6.04 Å². The molecule has 13 heteroatoms. The molecular formula is C30H38ClN7O5. The second kappa shape index (κ2) is 14.8. The summed E-state index contributed by atoms with van der Waals surface area (Å²) in [6.07, 6.45) is 3.52. The average Bonchev–Trinajstić information content (AvgIpc) is 3.32. The van der Waals surface area contributed by atoms with Gasteiger partial charge in [-0.3, -0.25) is 23.7 Å². The molecule has 4 rings (SSSR count). The molecule has 0 fully saturated rings. The van der Waals surface area contributed by atoms with Gasteiger partial charge in [-0.2, -0.15) is 0 Å². The van der Waals surface area contributed by atoms with Crippen LogP contribution in [0.15, 0.2) is 41.3 Å². The molecule has 0 spiro atoms. The number of carbonyl (C=O) groups excluding carboxylic acids is 4. The Hall–Kier alpha value is -4.19. The molecule has 0 saturated heterocycles. The number of aromatic amines is 1. The Labute approximate surface area is 254 Å². The van der Waals surface area contributed by atoms with Crippen molar-refractivity contribution >= 4 is 46.3 Å². The quantitative estimate of drug-likeness (QED) is 0.356. The lowest BCUT2D eigenvalue weighted by molar-refractivity contribution is -0.130. The summed E-state index contributed by atoms with van der Waals surface area (Å²) in [5.74, 6) is -1.28. The summed E-state index contributed by atoms with van der Waals surface area (Å²) in [7, 11) is 0. The van der Waals surface area contributed by atoms with Crippen LogP contribution in [0.25, 0.3) is 11.0 Å². The molecule has 1 aromatic carbocycles. The molecule has 4 N–H and O–H groups in total. The van der Waals surface area contributed by atoms with E-state index in [1.54, 1.807) is 39.8 Å². The van der Waals surface area contributed by atoms with Crippen molar-refractivity contribution in [2.24, 2.45) is 5.92 Å². The van der Waals surface area contributed by atoms with Crippen LogP contribution in [0.1, 0.15) is 66.8 Å². The summed E-state index contributed by atoms with van der Waals surface area (Å²) in [5, 5.41) is 9.05. The van der Waals surface area contributed by atoms with Gasteiger partial charge in [0.15, 0.2) is 0 Å². The highest BCUT2D eigenvalue weighted by atomic mass is 35.5. The summed E-state index contributed by atoms with van der Waals surface area (Å²) in [5.41, 5.74) is 1.52. The Balaban J connectivity index is 1.56. The van der Waals surface area contributed by atoms with Crippen LogP contribution in [0.2, 0.25) is 5.02 Å². The first kappa shape index (κ1) is 31.7. The van der Waals surface area contributed by atoms with Gasteiger partial charge in [-0.05, 0) is 55.5 Å². The largest absolute Gasteiger partial charge is 0.354 e. The van der Waals surface area contributed by atoms with Crippen molar-refractivity contribution in [3.8, 4) is 0 Å². The molecule has 2 bridgehead atoms. The molecule has 2 atom stereocenters. The van der Waals surface area contributed by atoms with E-state index in [1.165, 1.54) is 6.20 Å². The molecule has 0 radical (unpaired) electrons. The van der Waals surface area contributed by atoms with Gasteiger partial charge in [-0.1, -0.05) is 31.9 Å². The second-order valence-corrected chi connectivity index (χ2v) is 11.2. The third kappa shape index (κ3) is 8.22. The number of rotatable bonds is 3. The summed E-state index contributed by atoms with van der Waals surface area (Å²) in [4.78, 5) is 73.3. The van der Waals surface area contributed by atoms with Crippen molar-refractivity contribution in [1.82, 2.24) is 35.4 Å². The Morgan fingerprint density at radius 3 is 2.51 bits per heavy atom. The maximum absolute atomic E-state index is 13.3. The summed E-state index contributed by atoms with van der Waals surface area (Å²) < 4.78 is 1.54. The number of H-pyrrole nitrogens is 1. The fourth-order valence-electron chi connectivity index (χ4n) is 5.01. The number of halogens is 1. The van der Waals surface area contributed by atoms with E-state index in [2.05, 4.69) is 25.9 Å². The summed E-state index contributed by atoms with van der Waals surface area (Å²) in [6, 6.07) is 7.43. The van der Waals surface area contributed by atoms with Gasteiger partial charge in [0.1, 0.15) is 11.7 Å². The van der Waals surface area contributed by atoms with Crippen LogP contribution in [0.5, 0.6) is 0 Å². The van der Waals surface area contributed by atoms with Gasteiger partial charge < -0.3 is 25.8 Å². The van der Waals surface area contributed by atoms with Crippen LogP contribution in [0.3, 0.4) is 0 Å². The maximum Gasteiger partial charge on any atom is 0.326 e. The molecule has 3 aromatic rings. The zero-order valence-electron chi connectivity index (χ0n) is 24.5. The van der Waals surface area contributed by atoms with E-state index in [4.69, 9.17) is 11.6 Å². The van der Waals surface area contributed by atoms with E-state index in [0.29, 0.717) is 73.5 Å². The minimum Gasteiger partial charge on any atom is -0.354 e. The number of aryl methyl sites for hydroxylation is 1. The lowest BCUT2D eigenvalue weighted by Gasteiger charge is -2.25. The van der Waals surface area contributed by atoms with Gasteiger partial charge in [0, 0.05) is 50.9 Å². The molecule has 4 amide bonds. The van der Waals surface area contributed by atoms with E-state index in [0.717, 1.165) is 0 Å². The monoisotopic (exact) mass is 611 g/mol. The standard InChI is InChI=1S/C30H38ClN7O5/c1-3-19(2)26-28(41)33-13-6-16-38-24-17-20(8-10-22(24)35-30(38)43)27(40)32-12-5-15-37(14-4-7-25(39)36-26)29(42)23-11-9-21(31)18-34-23/h8-11,17-19,26H,3-7,12-16H2,1-2H3,(H,32,40)(H,33,41)(H,35,43)(H,36,39)/t19-,26-/m0/s1. The van der Waals surface area contributed by atoms with Crippen molar-refractivity contribution in [2.45, 2.75) is 58.5 Å². The van der Waals surface area contributed by atoms with Crippen LogP contribution in [0, 0.1) is 5.92 Å². The lowest BCUT2D eigenvalue weighted by Crippen LogP contribution is -2.50. The van der Waals surface area contributed by atoms with Gasteiger partial charge >= 0.3 is 5.69 Å². The fourth-order valence-corrected chi connectivity index (χ4v) is 5.12. The number of amides is 4. The Morgan fingerprint density at radius 2 is 1.77 bits per heavy atom. The molecule has 0 saturated carbocycles. The molecule has 43 heavy (non-hydrogen) atoms. The number of benzene rings is 1. The van der Waals surface area contributed by atoms with E-state index in [1.807, 2.05) is 13.8 Å². The number of carbonyl (C=O) groups is 4. The topological polar surface area (TPSA) is 158 Å². The molecule has 0 unspecified atom stereocenters. The normalized spacial score (nSPS) is 18.8. The van der Waals surface area contributed by atoms with Crippen molar-refractivity contribution in [3.05, 3.63) is 63.3 Å². The van der Waals surface area contributed by atoms with Crippen LogP contribution >= 0.6 is 11.6 Å². The van der Waals surface area contributed by atoms with Crippen LogP contribution < -0.4 is 21.6 Å². The zero-order chi connectivity index (χ0) is 30.9. The molecule has 12 nitrogen and oxygen atoms in total. The number of pyridine rings is 1. The van der Waals surface area contributed by atoms with E-state index >= 15 is 0 Å². The second-order valence-electron chi connectivity index (χ2n) is 10.8. The number of aromatic nitrogens is 3. The van der Waals surface area contributed by atoms with Gasteiger partial charge in [0.05, 0.1) is 16.1 Å². The van der Waals surface area contributed by atoms with Crippen molar-refractivity contribution in [1.29, 1.82) is 0 Å². The average molecular weight is 612 g/mol. The minimum atomic E-state index is -0.710. The molecule has 3 heterocycles. The highest BCUT2D eigenvalue weighted by Gasteiger charge is 2.26. The first-order chi connectivity index (χ1) is 20.7. The number of hydrogen-bond acceptors (Lipinski definition) is 6. The zero-order valence-corrected chi connectivity index (χ0v) is 25.2. The molecule has 1 aliphatic rings. The third-order valence-corrected chi connectivity index (χ3v) is 7.89. The fraction of sp³-hybridized carbons (Fsp3) is 0.467. The number of fused-ring (bicyclic) bond motifs is 1. The highest BCUT2D eigenvalue weighted by molar-refractivity contribution is 6.30. The first-order valence-electron chi connectivity index (χ1n) is 14.7. The van der Waals surface area contributed by atoms with Crippen molar-refractivity contribution in [3.63, 3.8) is 0 Å². The van der Waals surface area contributed by atoms with Crippen LogP contribution in [0.4, 0.5) is 0 Å².